The van der Waals surface area contributed by atoms with Gasteiger partial charge in [-0.1, -0.05) is 19.1 Å². The van der Waals surface area contributed by atoms with Crippen LogP contribution in [0.4, 0.5) is 0 Å². The fourth-order valence-corrected chi connectivity index (χ4v) is 5.06. The summed E-state index contributed by atoms with van der Waals surface area (Å²) in [5, 5.41) is 12.3. The molecule has 6 nitrogen and oxygen atoms in total. The largest absolute Gasteiger partial charge is 0.491 e. The van der Waals surface area contributed by atoms with E-state index in [9.17, 15) is 9.90 Å². The molecule has 0 radical (unpaired) electrons. The van der Waals surface area contributed by atoms with Crippen LogP contribution in [0.25, 0.3) is 0 Å². The van der Waals surface area contributed by atoms with Crippen LogP contribution in [0.2, 0.25) is 0 Å². The first kappa shape index (κ1) is 24.7. The lowest BCUT2D eigenvalue weighted by atomic mass is 10.0. The second-order valence-electron chi connectivity index (χ2n) is 8.42. The number of hydrogen-bond donors (Lipinski definition) is 1. The van der Waals surface area contributed by atoms with Crippen LogP contribution in [0.15, 0.2) is 35.7 Å². The van der Waals surface area contributed by atoms with Crippen molar-refractivity contribution in [3.05, 3.63) is 51.7 Å². The minimum Gasteiger partial charge on any atom is -0.491 e. The van der Waals surface area contributed by atoms with Crippen LogP contribution in [0.5, 0.6) is 5.75 Å². The van der Waals surface area contributed by atoms with Crippen molar-refractivity contribution in [1.82, 2.24) is 9.80 Å². The Morgan fingerprint density at radius 3 is 2.97 bits per heavy atom. The highest BCUT2D eigenvalue weighted by atomic mass is 32.1. The van der Waals surface area contributed by atoms with E-state index in [4.69, 9.17) is 9.47 Å². The first-order valence-electron chi connectivity index (χ1n) is 11.5. The summed E-state index contributed by atoms with van der Waals surface area (Å²) in [5.74, 6) is 0.910. The molecule has 0 aliphatic carbocycles. The second kappa shape index (κ2) is 12.3. The molecule has 1 aliphatic heterocycles. The van der Waals surface area contributed by atoms with Crippen molar-refractivity contribution < 1.29 is 19.4 Å². The van der Waals surface area contributed by atoms with Crippen LogP contribution >= 0.6 is 11.3 Å². The molecule has 0 saturated carbocycles. The molecule has 1 aromatic heterocycles. The Labute approximate surface area is 195 Å². The predicted octanol–water partition coefficient (Wildman–Crippen LogP) is 3.67. The van der Waals surface area contributed by atoms with E-state index in [-0.39, 0.29) is 11.9 Å². The number of aryl methyl sites for hydroxylation is 1. The van der Waals surface area contributed by atoms with Gasteiger partial charge in [0.2, 0.25) is 5.91 Å². The van der Waals surface area contributed by atoms with Crippen LogP contribution < -0.4 is 4.74 Å². The maximum Gasteiger partial charge on any atom is 0.237 e. The summed E-state index contributed by atoms with van der Waals surface area (Å²) in [7, 11) is 1.68. The number of amides is 1. The average Bonchev–Trinajstić information content (AvgIpc) is 3.26. The number of fused-ring (bicyclic) bond motifs is 1. The summed E-state index contributed by atoms with van der Waals surface area (Å²) in [5.41, 5.74) is 2.35. The Morgan fingerprint density at radius 2 is 2.22 bits per heavy atom. The van der Waals surface area contributed by atoms with E-state index >= 15 is 0 Å². The fourth-order valence-electron chi connectivity index (χ4n) is 4.13. The molecule has 0 spiro atoms. The summed E-state index contributed by atoms with van der Waals surface area (Å²) in [6.07, 6.45) is 1.94. The zero-order chi connectivity index (χ0) is 22.9. The molecule has 1 aromatic carbocycles. The molecule has 0 bridgehead atoms. The number of methoxy groups -OCH3 is 1. The van der Waals surface area contributed by atoms with Gasteiger partial charge >= 0.3 is 0 Å². The standard InChI is InChI=1S/C25H36N2O4S/c1-4-20(28)16-26(11-6-13-30-3)17-25(29)27-12-9-24-22(10-14-32-24)23(27)18-31-21-8-5-7-19(2)15-21/h5,7-8,10,14-15,20,23,28H,4,6,9,11-13,16-18H2,1-3H3. The van der Waals surface area contributed by atoms with Crippen LogP contribution in [-0.2, 0) is 16.0 Å². The van der Waals surface area contributed by atoms with Crippen LogP contribution in [0, 0.1) is 6.92 Å². The number of thiophene rings is 1. The van der Waals surface area contributed by atoms with E-state index in [1.807, 2.05) is 43.0 Å². The minimum absolute atomic E-state index is 0.0837. The summed E-state index contributed by atoms with van der Waals surface area (Å²) in [6, 6.07) is 10.0. The highest BCUT2D eigenvalue weighted by molar-refractivity contribution is 7.10. The minimum atomic E-state index is -0.435. The van der Waals surface area contributed by atoms with Gasteiger partial charge in [0, 0.05) is 38.2 Å². The molecule has 32 heavy (non-hydrogen) atoms. The lowest BCUT2D eigenvalue weighted by molar-refractivity contribution is -0.136. The van der Waals surface area contributed by atoms with E-state index in [1.54, 1.807) is 18.4 Å². The number of carbonyl (C=O) groups excluding carboxylic acids is 1. The molecule has 2 aromatic rings. The Hall–Kier alpha value is -1.93. The van der Waals surface area contributed by atoms with Gasteiger partial charge in [-0.15, -0.1) is 11.3 Å². The molecular weight excluding hydrogens is 424 g/mol. The van der Waals surface area contributed by atoms with Gasteiger partial charge in [0.25, 0.3) is 0 Å². The summed E-state index contributed by atoms with van der Waals surface area (Å²) >= 11 is 1.75. The Balaban J connectivity index is 1.71. The maximum absolute atomic E-state index is 13.4. The Kier molecular flexibility index (Phi) is 9.53. The van der Waals surface area contributed by atoms with Crippen LogP contribution in [0.3, 0.4) is 0 Å². The quantitative estimate of drug-likeness (QED) is 0.490. The molecule has 2 unspecified atom stereocenters. The van der Waals surface area contributed by atoms with Gasteiger partial charge in [-0.2, -0.15) is 0 Å². The second-order valence-corrected chi connectivity index (χ2v) is 9.42. The van der Waals surface area contributed by atoms with Crippen molar-refractivity contribution in [2.24, 2.45) is 0 Å². The van der Waals surface area contributed by atoms with Gasteiger partial charge in [-0.25, -0.2) is 0 Å². The summed E-state index contributed by atoms with van der Waals surface area (Å²) in [4.78, 5) is 18.8. The third kappa shape index (κ3) is 6.78. The van der Waals surface area contributed by atoms with Crippen molar-refractivity contribution in [2.45, 2.75) is 45.3 Å². The van der Waals surface area contributed by atoms with Gasteiger partial charge in [-0.3, -0.25) is 9.69 Å². The number of rotatable bonds is 12. The maximum atomic E-state index is 13.4. The number of aliphatic hydroxyl groups is 1. The molecule has 0 saturated heterocycles. The monoisotopic (exact) mass is 460 g/mol. The number of aliphatic hydroxyl groups excluding tert-OH is 1. The lowest BCUT2D eigenvalue weighted by Gasteiger charge is -2.37. The molecule has 0 fully saturated rings. The van der Waals surface area contributed by atoms with Crippen molar-refractivity contribution in [2.75, 3.05) is 46.5 Å². The van der Waals surface area contributed by atoms with Gasteiger partial charge in [0.1, 0.15) is 12.4 Å². The van der Waals surface area contributed by atoms with Gasteiger partial charge < -0.3 is 19.5 Å². The number of benzene rings is 1. The highest BCUT2D eigenvalue weighted by Gasteiger charge is 2.33. The number of ether oxygens (including phenoxy) is 2. The van der Waals surface area contributed by atoms with Gasteiger partial charge in [0.15, 0.2) is 0 Å². The molecule has 1 N–H and O–H groups in total. The van der Waals surface area contributed by atoms with E-state index in [0.29, 0.717) is 39.3 Å². The van der Waals surface area contributed by atoms with Gasteiger partial charge in [0.05, 0.1) is 18.7 Å². The Morgan fingerprint density at radius 1 is 1.38 bits per heavy atom. The molecule has 3 rings (SSSR count). The van der Waals surface area contributed by atoms with Crippen molar-refractivity contribution in [1.29, 1.82) is 0 Å². The first-order chi connectivity index (χ1) is 15.5. The number of nitrogens with zero attached hydrogens (tertiary/aromatic N) is 2. The number of carbonyl (C=O) groups is 1. The van der Waals surface area contributed by atoms with Crippen molar-refractivity contribution >= 4 is 17.2 Å². The molecule has 2 heterocycles. The van der Waals surface area contributed by atoms with Crippen molar-refractivity contribution in [3.63, 3.8) is 0 Å². The van der Waals surface area contributed by atoms with E-state index in [2.05, 4.69) is 16.3 Å². The molecule has 7 heteroatoms. The van der Waals surface area contributed by atoms with Crippen LogP contribution in [-0.4, -0.2) is 73.4 Å². The molecule has 2 atom stereocenters. The molecule has 176 valence electrons. The van der Waals surface area contributed by atoms with E-state index in [1.165, 1.54) is 10.4 Å². The highest BCUT2D eigenvalue weighted by Crippen LogP contribution is 2.34. The average molecular weight is 461 g/mol. The predicted molar refractivity (Wildman–Crippen MR) is 128 cm³/mol. The third-order valence-electron chi connectivity index (χ3n) is 5.93. The third-order valence-corrected chi connectivity index (χ3v) is 6.93. The zero-order valence-electron chi connectivity index (χ0n) is 19.5. The number of hydrogen-bond acceptors (Lipinski definition) is 6. The van der Waals surface area contributed by atoms with Gasteiger partial charge in [-0.05, 0) is 60.9 Å². The summed E-state index contributed by atoms with van der Waals surface area (Å²) < 4.78 is 11.3. The van der Waals surface area contributed by atoms with E-state index < -0.39 is 6.10 Å². The van der Waals surface area contributed by atoms with E-state index in [0.717, 1.165) is 30.7 Å². The van der Waals surface area contributed by atoms with Crippen LogP contribution in [0.1, 0.15) is 41.8 Å². The summed E-state index contributed by atoms with van der Waals surface area (Å²) in [6.45, 7) is 7.27. The topological polar surface area (TPSA) is 62.2 Å². The first-order valence-corrected chi connectivity index (χ1v) is 12.3. The molecular formula is C25H36N2O4S. The zero-order valence-corrected chi connectivity index (χ0v) is 20.3. The SMILES string of the molecule is CCC(O)CN(CCCOC)CC(=O)N1CCc2sccc2C1COc1cccc(C)c1. The molecule has 1 aliphatic rings. The smallest absolute Gasteiger partial charge is 0.237 e. The lowest BCUT2D eigenvalue weighted by Crippen LogP contribution is -2.48. The molecule has 1 amide bonds. The van der Waals surface area contributed by atoms with Crippen molar-refractivity contribution in [3.8, 4) is 5.75 Å². The fraction of sp³-hybridized carbons (Fsp3) is 0.560. The Bertz CT molecular complexity index is 856. The normalized spacial score (nSPS) is 16.8.